The van der Waals surface area contributed by atoms with Gasteiger partial charge in [-0.05, 0) is 6.92 Å². The third kappa shape index (κ3) is 3.70. The second kappa shape index (κ2) is 8.26. The molecule has 0 saturated heterocycles. The van der Waals surface area contributed by atoms with Crippen LogP contribution >= 0.6 is 0 Å². The molecule has 0 saturated carbocycles. The zero-order valence-electron chi connectivity index (χ0n) is 17.2. The number of hydrogen-bond donors (Lipinski definition) is 2. The highest BCUT2D eigenvalue weighted by Crippen LogP contribution is 2.26. The van der Waals surface area contributed by atoms with E-state index in [4.69, 9.17) is 0 Å². The molecule has 1 aromatic carbocycles. The predicted octanol–water partition coefficient (Wildman–Crippen LogP) is 1.55. The fraction of sp³-hybridized carbons (Fsp3) is 0.286. The molecule has 3 heterocycles. The summed E-state index contributed by atoms with van der Waals surface area (Å²) in [5.41, 5.74) is -2.90. The Balaban J connectivity index is 1.72. The fourth-order valence-corrected chi connectivity index (χ4v) is 3.78. The number of fused-ring (bicyclic) bond motifs is 4. The van der Waals surface area contributed by atoms with Crippen molar-refractivity contribution in [3.63, 3.8) is 0 Å². The number of carbonyl (C=O) groups is 2. The summed E-state index contributed by atoms with van der Waals surface area (Å²) in [7, 11) is 0. The van der Waals surface area contributed by atoms with Crippen molar-refractivity contribution >= 4 is 11.8 Å². The quantitative estimate of drug-likeness (QED) is 0.527. The minimum atomic E-state index is -1.24. The van der Waals surface area contributed by atoms with E-state index in [0.29, 0.717) is 12.1 Å². The summed E-state index contributed by atoms with van der Waals surface area (Å²) in [6, 6.07) is -0.424. The van der Waals surface area contributed by atoms with Crippen LogP contribution in [0, 0.1) is 17.5 Å². The highest BCUT2D eigenvalue weighted by molar-refractivity contribution is 5.99. The number of carbonyl (C=O) groups excluding carboxylic acids is 2. The van der Waals surface area contributed by atoms with Crippen LogP contribution < -0.4 is 15.8 Å². The number of nitrogens with zero attached hydrogens (tertiary/aromatic N) is 3. The second-order valence-corrected chi connectivity index (χ2v) is 7.65. The number of alkyl halides is 1. The van der Waals surface area contributed by atoms with E-state index in [1.54, 1.807) is 13.0 Å². The molecule has 2 amide bonds. The van der Waals surface area contributed by atoms with Gasteiger partial charge in [-0.3, -0.25) is 24.1 Å². The van der Waals surface area contributed by atoms with Crippen LogP contribution in [0.25, 0.3) is 0 Å². The number of aromatic nitrogens is 1. The highest BCUT2D eigenvalue weighted by Gasteiger charge is 2.39. The molecule has 174 valence electrons. The summed E-state index contributed by atoms with van der Waals surface area (Å²) in [5.74, 6) is -6.44. The van der Waals surface area contributed by atoms with Gasteiger partial charge in [0.25, 0.3) is 11.8 Å². The number of amides is 2. The van der Waals surface area contributed by atoms with Gasteiger partial charge in [-0.25, -0.2) is 17.6 Å². The van der Waals surface area contributed by atoms with Gasteiger partial charge in [0.1, 0.15) is 36.4 Å². The molecule has 33 heavy (non-hydrogen) atoms. The summed E-state index contributed by atoms with van der Waals surface area (Å²) in [6.45, 7) is 0.0300. The lowest BCUT2D eigenvalue weighted by Gasteiger charge is -2.42. The van der Waals surface area contributed by atoms with Crippen molar-refractivity contribution in [1.29, 1.82) is 0 Å². The minimum absolute atomic E-state index is 0.0794. The van der Waals surface area contributed by atoms with Crippen molar-refractivity contribution < 1.29 is 32.3 Å². The molecule has 0 spiro atoms. The summed E-state index contributed by atoms with van der Waals surface area (Å²) < 4.78 is 55.5. The number of benzene rings is 1. The van der Waals surface area contributed by atoms with Crippen LogP contribution in [0.3, 0.4) is 0 Å². The average Bonchev–Trinajstić information content (AvgIpc) is 2.90. The maximum Gasteiger partial charge on any atom is 0.278 e. The molecule has 0 fully saturated rings. The predicted molar refractivity (Wildman–Crippen MR) is 107 cm³/mol. The van der Waals surface area contributed by atoms with Crippen LogP contribution in [0.5, 0.6) is 5.75 Å². The third-order valence-corrected chi connectivity index (χ3v) is 5.62. The van der Waals surface area contributed by atoms with E-state index in [0.717, 1.165) is 10.9 Å². The number of rotatable bonds is 4. The molecular weight excluding hydrogens is 448 g/mol. The molecular formula is C21H18F4N4O4. The molecule has 4 rings (SSSR count). The van der Waals surface area contributed by atoms with Gasteiger partial charge in [-0.1, -0.05) is 12.2 Å². The van der Waals surface area contributed by atoms with Gasteiger partial charge in [-0.2, -0.15) is 0 Å². The number of halogens is 4. The number of aromatic hydroxyl groups is 1. The van der Waals surface area contributed by atoms with Gasteiger partial charge < -0.3 is 15.3 Å². The minimum Gasteiger partial charge on any atom is -0.502 e. The van der Waals surface area contributed by atoms with Gasteiger partial charge in [-0.15, -0.1) is 0 Å². The lowest BCUT2D eigenvalue weighted by Crippen LogP contribution is -2.58. The van der Waals surface area contributed by atoms with E-state index >= 15 is 0 Å². The largest absolute Gasteiger partial charge is 0.502 e. The lowest BCUT2D eigenvalue weighted by molar-refractivity contribution is 0.0648. The molecule has 2 aliphatic rings. The Labute approximate surface area is 184 Å². The molecule has 0 unspecified atom stereocenters. The Morgan fingerprint density at radius 3 is 2.48 bits per heavy atom. The molecule has 12 heteroatoms. The summed E-state index contributed by atoms with van der Waals surface area (Å²) in [6.07, 6.45) is 4.11. The van der Waals surface area contributed by atoms with Crippen LogP contribution in [0.2, 0.25) is 0 Å². The van der Waals surface area contributed by atoms with Crippen LogP contribution in [0.15, 0.2) is 35.3 Å². The maximum absolute atomic E-state index is 13.8. The van der Waals surface area contributed by atoms with Crippen LogP contribution in [-0.2, 0) is 6.54 Å². The molecule has 2 aromatic rings. The van der Waals surface area contributed by atoms with E-state index in [1.807, 2.05) is 0 Å². The van der Waals surface area contributed by atoms with Crippen molar-refractivity contribution in [2.75, 3.05) is 18.4 Å². The second-order valence-electron chi connectivity index (χ2n) is 7.65. The Bertz CT molecular complexity index is 1220. The molecule has 2 atom stereocenters. The topological polar surface area (TPSA) is 94.9 Å². The normalized spacial score (nSPS) is 19.4. The Morgan fingerprint density at radius 2 is 1.85 bits per heavy atom. The van der Waals surface area contributed by atoms with Gasteiger partial charge in [0.05, 0.1) is 6.04 Å². The molecule has 0 radical (unpaired) electrons. The number of hydrogen-bond acceptors (Lipinski definition) is 5. The molecule has 2 aliphatic heterocycles. The first-order chi connectivity index (χ1) is 15.6. The van der Waals surface area contributed by atoms with Crippen molar-refractivity contribution in [3.8, 4) is 5.75 Å². The van der Waals surface area contributed by atoms with Crippen molar-refractivity contribution in [2.45, 2.75) is 25.6 Å². The zero-order valence-corrected chi connectivity index (χ0v) is 17.2. The van der Waals surface area contributed by atoms with Gasteiger partial charge in [0.2, 0.25) is 5.43 Å². The summed E-state index contributed by atoms with van der Waals surface area (Å²) in [5, 5.41) is 14.0. The van der Waals surface area contributed by atoms with Gasteiger partial charge in [0.15, 0.2) is 11.4 Å². The molecule has 2 bridgehead atoms. The molecule has 1 aromatic heterocycles. The fourth-order valence-electron chi connectivity index (χ4n) is 3.78. The third-order valence-electron chi connectivity index (χ3n) is 5.62. The van der Waals surface area contributed by atoms with Crippen LogP contribution in [-0.4, -0.2) is 51.9 Å². The van der Waals surface area contributed by atoms with E-state index < -0.39 is 82.6 Å². The molecule has 0 aliphatic carbocycles. The summed E-state index contributed by atoms with van der Waals surface area (Å²) >= 11 is 0. The smallest absolute Gasteiger partial charge is 0.278 e. The Hall–Kier alpha value is -3.83. The van der Waals surface area contributed by atoms with Gasteiger partial charge >= 0.3 is 0 Å². The first-order valence-electron chi connectivity index (χ1n) is 9.86. The van der Waals surface area contributed by atoms with Crippen LogP contribution in [0.1, 0.15) is 33.3 Å². The van der Waals surface area contributed by atoms with Crippen LogP contribution in [0.4, 0.5) is 17.6 Å². The zero-order chi connectivity index (χ0) is 24.0. The SMILES string of the molecule is C[C@H]1C=C[C@H](CF)N2CN1C(=O)c1c(O)c(=O)c(C(=O)NCc3c(F)cc(F)cc3F)cn12. The first kappa shape index (κ1) is 22.4. The van der Waals surface area contributed by atoms with Crippen molar-refractivity contribution in [3.05, 3.63) is 75.0 Å². The van der Waals surface area contributed by atoms with Gasteiger partial charge in [0, 0.05) is 36.5 Å². The Kier molecular flexibility index (Phi) is 5.60. The average molecular weight is 466 g/mol. The summed E-state index contributed by atoms with van der Waals surface area (Å²) in [4.78, 5) is 39.5. The number of nitrogens with one attached hydrogen (secondary N) is 1. The molecule has 2 N–H and O–H groups in total. The van der Waals surface area contributed by atoms with E-state index in [2.05, 4.69) is 5.32 Å². The Morgan fingerprint density at radius 1 is 1.18 bits per heavy atom. The highest BCUT2D eigenvalue weighted by atomic mass is 19.1. The van der Waals surface area contributed by atoms with Crippen molar-refractivity contribution in [2.24, 2.45) is 0 Å². The number of pyridine rings is 1. The maximum atomic E-state index is 13.8. The van der Waals surface area contributed by atoms with E-state index in [9.17, 15) is 37.1 Å². The first-order valence-corrected chi connectivity index (χ1v) is 9.86. The lowest BCUT2D eigenvalue weighted by atomic mass is 10.1. The molecule has 8 nitrogen and oxygen atoms in total. The van der Waals surface area contributed by atoms with Crippen molar-refractivity contribution in [1.82, 2.24) is 14.9 Å². The van der Waals surface area contributed by atoms with E-state index in [1.165, 1.54) is 16.0 Å². The monoisotopic (exact) mass is 466 g/mol. The van der Waals surface area contributed by atoms with E-state index in [-0.39, 0.29) is 6.67 Å². The standard InChI is InChI=1S/C21H18F4N4O4/c1-10-2-3-12(6-22)29-9-27(10)21(33)17-19(31)18(30)14(8-28(17)29)20(32)26-7-13-15(24)4-11(23)5-16(13)25/h2-5,8,10,12,31H,6-7,9H2,1H3,(H,26,32)/t10-,12+/m0/s1.